The summed E-state index contributed by atoms with van der Waals surface area (Å²) in [5, 5.41) is 0. The number of benzene rings is 2. The molecule has 0 bridgehead atoms. The summed E-state index contributed by atoms with van der Waals surface area (Å²) in [7, 11) is 0. The third-order valence-electron chi connectivity index (χ3n) is 3.94. The highest BCUT2D eigenvalue weighted by Gasteiger charge is 2.12. The summed E-state index contributed by atoms with van der Waals surface area (Å²) < 4.78 is 18.6. The van der Waals surface area contributed by atoms with Crippen LogP contribution in [0.1, 0.15) is 21.5 Å². The first-order valence-corrected chi connectivity index (χ1v) is 8.11. The minimum atomic E-state index is -0.468. The fourth-order valence-corrected chi connectivity index (χ4v) is 2.24. The SMILES string of the molecule is Cc1ccc(Oc2ncnc(NNC(=O)c3ccc(F)cc3)c2N)cc1C. The number of rotatable bonds is 5. The van der Waals surface area contributed by atoms with Gasteiger partial charge in [0.1, 0.15) is 23.6 Å². The average Bonchev–Trinajstić information content (AvgIpc) is 2.66. The lowest BCUT2D eigenvalue weighted by atomic mass is 10.1. The zero-order chi connectivity index (χ0) is 19.4. The maximum Gasteiger partial charge on any atom is 0.269 e. The van der Waals surface area contributed by atoms with Gasteiger partial charge in [0.2, 0.25) is 5.88 Å². The maximum atomic E-state index is 12.9. The van der Waals surface area contributed by atoms with Gasteiger partial charge in [-0.15, -0.1) is 0 Å². The number of aryl methyl sites for hydroxylation is 2. The van der Waals surface area contributed by atoms with Crippen molar-refractivity contribution in [3.63, 3.8) is 0 Å². The molecule has 0 aliphatic heterocycles. The van der Waals surface area contributed by atoms with E-state index in [4.69, 9.17) is 10.5 Å². The summed E-state index contributed by atoms with van der Waals surface area (Å²) in [6, 6.07) is 10.7. The van der Waals surface area contributed by atoms with Crippen molar-refractivity contribution >= 4 is 17.4 Å². The number of nitrogen functional groups attached to an aromatic ring is 1. The Kier molecular flexibility index (Phi) is 5.16. The van der Waals surface area contributed by atoms with E-state index >= 15 is 0 Å². The van der Waals surface area contributed by atoms with Gasteiger partial charge in [0.15, 0.2) is 5.82 Å². The van der Waals surface area contributed by atoms with E-state index in [-0.39, 0.29) is 22.9 Å². The number of amides is 1. The standard InChI is InChI=1S/C19H18FN5O2/c1-11-3-8-15(9-12(11)2)27-19-16(21)17(22-10-23-19)24-25-18(26)13-4-6-14(20)7-5-13/h3-10H,21H2,1-2H3,(H,25,26)(H,22,23,24). The molecule has 2 aromatic carbocycles. The second-order valence-corrected chi connectivity index (χ2v) is 5.88. The van der Waals surface area contributed by atoms with Gasteiger partial charge in [-0.25, -0.2) is 9.37 Å². The number of aromatic nitrogens is 2. The summed E-state index contributed by atoms with van der Waals surface area (Å²) >= 11 is 0. The number of hydrazine groups is 1. The monoisotopic (exact) mass is 367 g/mol. The van der Waals surface area contributed by atoms with Crippen LogP contribution < -0.4 is 21.3 Å². The number of halogens is 1. The first kappa shape index (κ1) is 18.1. The molecule has 0 fully saturated rings. The number of carbonyl (C=O) groups is 1. The zero-order valence-corrected chi connectivity index (χ0v) is 14.8. The second kappa shape index (κ2) is 7.69. The number of hydrogen-bond donors (Lipinski definition) is 3. The van der Waals surface area contributed by atoms with Gasteiger partial charge in [0.25, 0.3) is 5.91 Å². The number of nitrogens with zero attached hydrogens (tertiary/aromatic N) is 2. The number of nitrogens with one attached hydrogen (secondary N) is 2. The van der Waals surface area contributed by atoms with Gasteiger partial charge < -0.3 is 10.5 Å². The molecule has 0 saturated carbocycles. The Morgan fingerprint density at radius 3 is 2.52 bits per heavy atom. The molecular weight excluding hydrogens is 349 g/mol. The number of anilines is 2. The highest BCUT2D eigenvalue weighted by molar-refractivity contribution is 5.95. The van der Waals surface area contributed by atoms with Crippen molar-refractivity contribution in [1.82, 2.24) is 15.4 Å². The summed E-state index contributed by atoms with van der Waals surface area (Å²) in [4.78, 5) is 20.1. The molecule has 1 heterocycles. The molecule has 7 nitrogen and oxygen atoms in total. The Morgan fingerprint density at radius 1 is 1.07 bits per heavy atom. The Morgan fingerprint density at radius 2 is 1.81 bits per heavy atom. The van der Waals surface area contributed by atoms with Crippen LogP contribution in [-0.2, 0) is 0 Å². The van der Waals surface area contributed by atoms with Gasteiger partial charge in [0, 0.05) is 5.56 Å². The molecule has 0 atom stereocenters. The largest absolute Gasteiger partial charge is 0.437 e. The quantitative estimate of drug-likeness (QED) is 0.598. The van der Waals surface area contributed by atoms with Gasteiger partial charge in [-0.1, -0.05) is 6.07 Å². The molecule has 0 saturated heterocycles. The van der Waals surface area contributed by atoms with Crippen molar-refractivity contribution in [3.05, 3.63) is 71.3 Å². The van der Waals surface area contributed by atoms with Crippen molar-refractivity contribution in [3.8, 4) is 11.6 Å². The van der Waals surface area contributed by atoms with E-state index in [0.717, 1.165) is 11.1 Å². The van der Waals surface area contributed by atoms with Crippen molar-refractivity contribution < 1.29 is 13.9 Å². The van der Waals surface area contributed by atoms with Crippen LogP contribution >= 0.6 is 0 Å². The summed E-state index contributed by atoms with van der Waals surface area (Å²) in [5.74, 6) is 0.0354. The first-order chi connectivity index (χ1) is 12.9. The first-order valence-electron chi connectivity index (χ1n) is 8.11. The molecule has 4 N–H and O–H groups in total. The van der Waals surface area contributed by atoms with Crippen LogP contribution in [-0.4, -0.2) is 15.9 Å². The number of nitrogens with two attached hydrogens (primary N) is 1. The van der Waals surface area contributed by atoms with Crippen LogP contribution in [0.5, 0.6) is 11.6 Å². The Labute approximate surface area is 155 Å². The topological polar surface area (TPSA) is 102 Å². The maximum absolute atomic E-state index is 12.9. The molecule has 1 amide bonds. The molecule has 27 heavy (non-hydrogen) atoms. The van der Waals surface area contributed by atoms with Crippen LogP contribution in [0.2, 0.25) is 0 Å². The highest BCUT2D eigenvalue weighted by atomic mass is 19.1. The minimum absolute atomic E-state index is 0.134. The minimum Gasteiger partial charge on any atom is -0.437 e. The van der Waals surface area contributed by atoms with E-state index in [1.807, 2.05) is 32.0 Å². The third kappa shape index (κ3) is 4.30. The molecule has 3 aromatic rings. The molecule has 0 radical (unpaired) electrons. The van der Waals surface area contributed by atoms with Gasteiger partial charge in [-0.05, 0) is 61.4 Å². The lowest BCUT2D eigenvalue weighted by Crippen LogP contribution is -2.30. The molecule has 0 unspecified atom stereocenters. The van der Waals surface area contributed by atoms with Crippen molar-refractivity contribution in [2.45, 2.75) is 13.8 Å². The predicted octanol–water partition coefficient (Wildman–Crippen LogP) is 3.36. The van der Waals surface area contributed by atoms with E-state index in [0.29, 0.717) is 5.75 Å². The molecule has 8 heteroatoms. The van der Waals surface area contributed by atoms with E-state index < -0.39 is 11.7 Å². The van der Waals surface area contributed by atoms with Crippen molar-refractivity contribution in [2.24, 2.45) is 0 Å². The molecule has 0 spiro atoms. The Balaban J connectivity index is 1.71. The van der Waals surface area contributed by atoms with Gasteiger partial charge in [-0.3, -0.25) is 15.6 Å². The van der Waals surface area contributed by atoms with Gasteiger partial charge in [0.05, 0.1) is 0 Å². The normalized spacial score (nSPS) is 10.3. The number of hydrogen-bond acceptors (Lipinski definition) is 6. The molecule has 3 rings (SSSR count). The van der Waals surface area contributed by atoms with Crippen LogP contribution in [0, 0.1) is 19.7 Å². The molecule has 0 aliphatic rings. The highest BCUT2D eigenvalue weighted by Crippen LogP contribution is 2.29. The number of ether oxygens (including phenoxy) is 1. The smallest absolute Gasteiger partial charge is 0.269 e. The third-order valence-corrected chi connectivity index (χ3v) is 3.94. The fourth-order valence-electron chi connectivity index (χ4n) is 2.24. The van der Waals surface area contributed by atoms with Crippen LogP contribution in [0.15, 0.2) is 48.8 Å². The van der Waals surface area contributed by atoms with Crippen LogP contribution in [0.4, 0.5) is 15.9 Å². The zero-order valence-electron chi connectivity index (χ0n) is 14.8. The van der Waals surface area contributed by atoms with E-state index in [1.165, 1.54) is 30.6 Å². The van der Waals surface area contributed by atoms with E-state index in [2.05, 4.69) is 20.8 Å². The van der Waals surface area contributed by atoms with Gasteiger partial charge in [-0.2, -0.15) is 4.98 Å². The van der Waals surface area contributed by atoms with Gasteiger partial charge >= 0.3 is 0 Å². The van der Waals surface area contributed by atoms with Crippen molar-refractivity contribution in [1.29, 1.82) is 0 Å². The molecule has 1 aromatic heterocycles. The van der Waals surface area contributed by atoms with Crippen LogP contribution in [0.3, 0.4) is 0 Å². The summed E-state index contributed by atoms with van der Waals surface area (Å²) in [5.41, 5.74) is 13.7. The number of carbonyl (C=O) groups excluding carboxylic acids is 1. The Bertz CT molecular complexity index is 976. The van der Waals surface area contributed by atoms with E-state index in [9.17, 15) is 9.18 Å². The average molecular weight is 367 g/mol. The van der Waals surface area contributed by atoms with Crippen LogP contribution in [0.25, 0.3) is 0 Å². The molecular formula is C19H18FN5O2. The predicted molar refractivity (Wildman–Crippen MR) is 99.9 cm³/mol. The lowest BCUT2D eigenvalue weighted by molar-refractivity contribution is 0.0962. The second-order valence-electron chi connectivity index (χ2n) is 5.88. The fraction of sp³-hybridized carbons (Fsp3) is 0.105. The summed E-state index contributed by atoms with van der Waals surface area (Å²) in [6.07, 6.45) is 1.26. The molecule has 138 valence electrons. The van der Waals surface area contributed by atoms with Crippen molar-refractivity contribution in [2.75, 3.05) is 11.2 Å². The van der Waals surface area contributed by atoms with E-state index in [1.54, 1.807) is 0 Å². The molecule has 0 aliphatic carbocycles. The summed E-state index contributed by atoms with van der Waals surface area (Å²) in [6.45, 7) is 3.98. The Hall–Kier alpha value is -3.68. The lowest BCUT2D eigenvalue weighted by Gasteiger charge is -2.13.